The predicted octanol–water partition coefficient (Wildman–Crippen LogP) is -1.55. The number of nitrogens with zero attached hydrogens (tertiary/aromatic N) is 3. The Balaban J connectivity index is 0.000000188. The molecule has 9 heteroatoms. The SMILES string of the molecule is CC(O)C1OC1CO.Nc1ncnc2c1c(=O)ccn2CO. The van der Waals surface area contributed by atoms with E-state index in [2.05, 4.69) is 9.97 Å². The van der Waals surface area contributed by atoms with Crippen molar-refractivity contribution in [2.75, 3.05) is 12.3 Å². The fourth-order valence-corrected chi connectivity index (χ4v) is 2.00. The van der Waals surface area contributed by atoms with Crippen LogP contribution in [0.4, 0.5) is 5.82 Å². The van der Waals surface area contributed by atoms with Crippen molar-refractivity contribution in [3.63, 3.8) is 0 Å². The first-order chi connectivity index (χ1) is 10.5. The van der Waals surface area contributed by atoms with Crippen LogP contribution in [0.5, 0.6) is 0 Å². The van der Waals surface area contributed by atoms with E-state index in [1.807, 2.05) is 0 Å². The molecule has 3 unspecified atom stereocenters. The van der Waals surface area contributed by atoms with Crippen molar-refractivity contribution in [1.29, 1.82) is 0 Å². The van der Waals surface area contributed by atoms with Gasteiger partial charge in [-0.2, -0.15) is 0 Å². The second-order valence-electron chi connectivity index (χ2n) is 4.81. The first-order valence-corrected chi connectivity index (χ1v) is 6.64. The Morgan fingerprint density at radius 1 is 1.45 bits per heavy atom. The topological polar surface area (TPSA) is 147 Å². The summed E-state index contributed by atoms with van der Waals surface area (Å²) in [5.74, 6) is 0.128. The smallest absolute Gasteiger partial charge is 0.194 e. The van der Waals surface area contributed by atoms with Gasteiger partial charge < -0.3 is 30.4 Å². The lowest BCUT2D eigenvalue weighted by molar-refractivity contribution is 0.152. The van der Waals surface area contributed by atoms with Gasteiger partial charge in [0, 0.05) is 12.3 Å². The standard InChI is InChI=1S/C8H8N4O2.C5H10O3/c9-7-6-5(14)1-2-12(4-13)8(6)11-3-10-7;1-3(7)5-4(2-6)8-5/h1-3,13H,4H2,(H2,9,10,11);3-7H,2H2,1H3. The van der Waals surface area contributed by atoms with Gasteiger partial charge in [-0.25, -0.2) is 9.97 Å². The molecule has 1 aliphatic rings. The Morgan fingerprint density at radius 3 is 2.68 bits per heavy atom. The summed E-state index contributed by atoms with van der Waals surface area (Å²) in [4.78, 5) is 19.0. The van der Waals surface area contributed by atoms with Crippen LogP contribution in [0, 0.1) is 0 Å². The molecule has 9 nitrogen and oxygen atoms in total. The van der Waals surface area contributed by atoms with Crippen LogP contribution in [0.3, 0.4) is 0 Å². The number of aliphatic hydroxyl groups is 3. The van der Waals surface area contributed by atoms with Crippen molar-refractivity contribution < 1.29 is 20.1 Å². The molecule has 3 heterocycles. The van der Waals surface area contributed by atoms with Crippen LogP contribution in [-0.4, -0.2) is 54.8 Å². The monoisotopic (exact) mass is 310 g/mol. The summed E-state index contributed by atoms with van der Waals surface area (Å²) in [5.41, 5.74) is 5.63. The number of hydrogen-bond donors (Lipinski definition) is 4. The summed E-state index contributed by atoms with van der Waals surface area (Å²) in [6.45, 7) is 1.42. The van der Waals surface area contributed by atoms with Gasteiger partial charge >= 0.3 is 0 Å². The number of epoxide rings is 1. The molecule has 2 aromatic heterocycles. The van der Waals surface area contributed by atoms with Gasteiger partial charge in [-0.15, -0.1) is 0 Å². The van der Waals surface area contributed by atoms with E-state index in [0.717, 1.165) is 0 Å². The first-order valence-electron chi connectivity index (χ1n) is 6.64. The summed E-state index contributed by atoms with van der Waals surface area (Å²) < 4.78 is 6.24. The van der Waals surface area contributed by atoms with Crippen molar-refractivity contribution >= 4 is 16.9 Å². The number of aliphatic hydroxyl groups excluding tert-OH is 3. The molecule has 0 aliphatic carbocycles. The molecular weight excluding hydrogens is 292 g/mol. The van der Waals surface area contributed by atoms with Gasteiger partial charge in [-0.3, -0.25) is 4.79 Å². The molecular formula is C13H18N4O5. The van der Waals surface area contributed by atoms with Crippen molar-refractivity contribution in [2.24, 2.45) is 0 Å². The Hall–Kier alpha value is -2.07. The molecule has 1 fully saturated rings. The third-order valence-corrected chi connectivity index (χ3v) is 3.21. The highest BCUT2D eigenvalue weighted by molar-refractivity contribution is 5.84. The minimum atomic E-state index is -0.438. The van der Waals surface area contributed by atoms with Crippen LogP contribution in [0.25, 0.3) is 11.0 Å². The number of nitrogens with two attached hydrogens (primary N) is 1. The van der Waals surface area contributed by atoms with Crippen LogP contribution in [0.2, 0.25) is 0 Å². The Bertz CT molecular complexity index is 702. The van der Waals surface area contributed by atoms with Gasteiger partial charge in [0.15, 0.2) is 11.1 Å². The summed E-state index contributed by atoms with van der Waals surface area (Å²) in [6, 6.07) is 1.32. The Morgan fingerprint density at radius 2 is 2.18 bits per heavy atom. The van der Waals surface area contributed by atoms with Crippen LogP contribution in [0.1, 0.15) is 6.92 Å². The lowest BCUT2D eigenvalue weighted by Crippen LogP contribution is -2.13. The highest BCUT2D eigenvalue weighted by Crippen LogP contribution is 2.24. The second kappa shape index (κ2) is 6.79. The van der Waals surface area contributed by atoms with Crippen molar-refractivity contribution in [1.82, 2.24) is 14.5 Å². The van der Waals surface area contributed by atoms with Crippen LogP contribution < -0.4 is 11.2 Å². The number of pyridine rings is 1. The van der Waals surface area contributed by atoms with E-state index in [9.17, 15) is 4.79 Å². The zero-order valence-electron chi connectivity index (χ0n) is 12.0. The third-order valence-electron chi connectivity index (χ3n) is 3.21. The normalized spacial score (nSPS) is 21.1. The molecule has 3 atom stereocenters. The van der Waals surface area contributed by atoms with Crippen molar-refractivity contribution in [2.45, 2.75) is 32.0 Å². The molecule has 0 spiro atoms. The third kappa shape index (κ3) is 3.39. The maximum absolute atomic E-state index is 11.4. The molecule has 1 saturated heterocycles. The number of fused-ring (bicyclic) bond motifs is 1. The van der Waals surface area contributed by atoms with Gasteiger partial charge in [-0.1, -0.05) is 0 Å². The molecule has 1 aliphatic heterocycles. The molecule has 0 aromatic carbocycles. The number of aromatic nitrogens is 3. The van der Waals surface area contributed by atoms with Gasteiger partial charge in [0.2, 0.25) is 0 Å². The number of rotatable bonds is 3. The lowest BCUT2D eigenvalue weighted by Gasteiger charge is -2.05. The maximum atomic E-state index is 11.4. The van der Waals surface area contributed by atoms with E-state index in [0.29, 0.717) is 5.65 Å². The quantitative estimate of drug-likeness (QED) is 0.498. The molecule has 5 N–H and O–H groups in total. The molecule has 0 amide bonds. The summed E-state index contributed by atoms with van der Waals surface area (Å²) in [6.07, 6.45) is 2.06. The first kappa shape index (κ1) is 16.3. The van der Waals surface area contributed by atoms with Crippen molar-refractivity contribution in [3.05, 3.63) is 28.8 Å². The van der Waals surface area contributed by atoms with Crippen LogP contribution in [-0.2, 0) is 11.5 Å². The summed E-state index contributed by atoms with van der Waals surface area (Å²) in [5, 5.41) is 26.4. The highest BCUT2D eigenvalue weighted by atomic mass is 16.6. The molecule has 22 heavy (non-hydrogen) atoms. The van der Waals surface area contributed by atoms with Gasteiger partial charge in [0.25, 0.3) is 0 Å². The van der Waals surface area contributed by atoms with E-state index in [1.54, 1.807) is 6.92 Å². The molecule has 0 bridgehead atoms. The number of ether oxygens (including phenoxy) is 1. The molecule has 0 radical (unpaired) electrons. The van der Waals surface area contributed by atoms with Crippen LogP contribution in [0.15, 0.2) is 23.4 Å². The van der Waals surface area contributed by atoms with Gasteiger partial charge in [-0.05, 0) is 6.92 Å². The largest absolute Gasteiger partial charge is 0.394 e. The Kier molecular flexibility index (Phi) is 5.03. The van der Waals surface area contributed by atoms with Gasteiger partial charge in [0.05, 0.1) is 12.7 Å². The van der Waals surface area contributed by atoms with E-state index < -0.39 is 6.10 Å². The van der Waals surface area contributed by atoms with Gasteiger partial charge in [0.1, 0.15) is 36.5 Å². The fourth-order valence-electron chi connectivity index (χ4n) is 2.00. The van der Waals surface area contributed by atoms with Crippen LogP contribution >= 0.6 is 0 Å². The average Bonchev–Trinajstić information content (AvgIpc) is 3.28. The Labute approximate surface area is 125 Å². The molecule has 0 saturated carbocycles. The molecule has 2 aromatic rings. The highest BCUT2D eigenvalue weighted by Gasteiger charge is 2.41. The molecule has 3 rings (SSSR count). The predicted molar refractivity (Wildman–Crippen MR) is 77.9 cm³/mol. The number of hydrogen-bond acceptors (Lipinski definition) is 8. The lowest BCUT2D eigenvalue weighted by atomic mass is 10.2. The second-order valence-corrected chi connectivity index (χ2v) is 4.81. The van der Waals surface area contributed by atoms with E-state index in [4.69, 9.17) is 25.8 Å². The summed E-state index contributed by atoms with van der Waals surface area (Å²) in [7, 11) is 0. The molecule has 120 valence electrons. The minimum Gasteiger partial charge on any atom is -0.394 e. The van der Waals surface area contributed by atoms with E-state index >= 15 is 0 Å². The van der Waals surface area contributed by atoms with E-state index in [1.165, 1.54) is 23.2 Å². The fraction of sp³-hybridized carbons (Fsp3) is 0.462. The number of nitrogen functional groups attached to an aromatic ring is 1. The zero-order valence-corrected chi connectivity index (χ0v) is 12.0. The number of anilines is 1. The maximum Gasteiger partial charge on any atom is 0.194 e. The zero-order chi connectivity index (χ0) is 16.3. The van der Waals surface area contributed by atoms with E-state index in [-0.39, 0.29) is 42.2 Å². The minimum absolute atomic E-state index is 0.0234. The summed E-state index contributed by atoms with van der Waals surface area (Å²) >= 11 is 0. The average molecular weight is 310 g/mol. The van der Waals surface area contributed by atoms with Crippen molar-refractivity contribution in [3.8, 4) is 0 Å².